The number of hydrogen-bond acceptors (Lipinski definition) is 5. The lowest BCUT2D eigenvalue weighted by Crippen LogP contribution is -2.21. The van der Waals surface area contributed by atoms with Crippen molar-refractivity contribution in [1.82, 2.24) is 0 Å². The summed E-state index contributed by atoms with van der Waals surface area (Å²) in [6.45, 7) is 9.24. The quantitative estimate of drug-likeness (QED) is 0.257. The van der Waals surface area contributed by atoms with Gasteiger partial charge in [-0.25, -0.2) is 13.2 Å². The molecule has 36 heavy (non-hydrogen) atoms. The van der Waals surface area contributed by atoms with Gasteiger partial charge in [-0.1, -0.05) is 32.9 Å². The second kappa shape index (κ2) is 11.0. The van der Waals surface area contributed by atoms with Gasteiger partial charge < -0.3 is 10.1 Å². The molecule has 3 rings (SSSR count). The summed E-state index contributed by atoms with van der Waals surface area (Å²) >= 11 is 2.19. The molecule has 9 heteroatoms. The van der Waals surface area contributed by atoms with Crippen LogP contribution in [0.3, 0.4) is 0 Å². The predicted molar refractivity (Wildman–Crippen MR) is 150 cm³/mol. The molecule has 0 aliphatic rings. The van der Waals surface area contributed by atoms with Crippen molar-refractivity contribution in [1.29, 1.82) is 0 Å². The van der Waals surface area contributed by atoms with Crippen LogP contribution in [0.1, 0.15) is 47.8 Å². The summed E-state index contributed by atoms with van der Waals surface area (Å²) < 4.78 is 34.8. The fourth-order valence-corrected chi connectivity index (χ4v) is 5.39. The molecule has 0 aliphatic carbocycles. The van der Waals surface area contributed by atoms with E-state index in [2.05, 4.69) is 32.6 Å². The summed E-state index contributed by atoms with van der Waals surface area (Å²) in [5, 5.41) is 2.72. The van der Waals surface area contributed by atoms with Crippen molar-refractivity contribution in [3.63, 3.8) is 0 Å². The summed E-state index contributed by atoms with van der Waals surface area (Å²) in [5.41, 5.74) is 3.40. The van der Waals surface area contributed by atoms with Gasteiger partial charge in [0.1, 0.15) is 0 Å². The van der Waals surface area contributed by atoms with Crippen molar-refractivity contribution in [3.05, 3.63) is 86.5 Å². The van der Waals surface area contributed by atoms with Gasteiger partial charge in [0.2, 0.25) is 0 Å². The predicted octanol–water partition coefficient (Wildman–Crippen LogP) is 5.80. The molecule has 0 unspecified atom stereocenters. The molecule has 0 atom stereocenters. The number of carbonyl (C=O) groups is 2. The van der Waals surface area contributed by atoms with Gasteiger partial charge in [0.25, 0.3) is 15.9 Å². The average Bonchev–Trinajstić information content (AvgIpc) is 2.79. The van der Waals surface area contributed by atoms with Gasteiger partial charge in [0.05, 0.1) is 10.5 Å². The highest BCUT2D eigenvalue weighted by atomic mass is 127. The standard InChI is InChI=1S/C27H29IN2O5S/c1-17-6-9-20(27(3,4)5)15-24(17)36(33,34)30-22-11-7-19(8-12-22)26(32)35-16-25(31)29-23-13-10-21(28)14-18(23)2/h6-15,30H,16H2,1-5H3,(H,29,31). The molecule has 2 N–H and O–H groups in total. The largest absolute Gasteiger partial charge is 0.452 e. The Morgan fingerprint density at radius 3 is 2.19 bits per heavy atom. The lowest BCUT2D eigenvalue weighted by Gasteiger charge is -2.21. The third-order valence-corrected chi connectivity index (χ3v) is 7.71. The number of esters is 1. The Morgan fingerprint density at radius 2 is 1.58 bits per heavy atom. The molecule has 0 aromatic heterocycles. The Balaban J connectivity index is 1.63. The van der Waals surface area contributed by atoms with Crippen LogP contribution in [0.5, 0.6) is 0 Å². The van der Waals surface area contributed by atoms with Crippen molar-refractivity contribution in [2.45, 2.75) is 44.9 Å². The van der Waals surface area contributed by atoms with Gasteiger partial charge in [0.15, 0.2) is 6.61 Å². The number of amides is 1. The van der Waals surface area contributed by atoms with Crippen LogP contribution in [-0.2, 0) is 25.0 Å². The first-order valence-electron chi connectivity index (χ1n) is 11.2. The van der Waals surface area contributed by atoms with E-state index in [-0.39, 0.29) is 15.9 Å². The number of sulfonamides is 1. The van der Waals surface area contributed by atoms with E-state index < -0.39 is 28.5 Å². The molecular weight excluding hydrogens is 591 g/mol. The molecule has 7 nitrogen and oxygen atoms in total. The van der Waals surface area contributed by atoms with Gasteiger partial charge in [0, 0.05) is 14.9 Å². The second-order valence-electron chi connectivity index (χ2n) is 9.50. The summed E-state index contributed by atoms with van der Waals surface area (Å²) in [4.78, 5) is 24.7. The molecule has 0 fully saturated rings. The van der Waals surface area contributed by atoms with Gasteiger partial charge >= 0.3 is 5.97 Å². The Bertz CT molecular complexity index is 1390. The van der Waals surface area contributed by atoms with E-state index in [4.69, 9.17) is 4.74 Å². The number of rotatable bonds is 7. The lowest BCUT2D eigenvalue weighted by molar-refractivity contribution is -0.119. The van der Waals surface area contributed by atoms with E-state index >= 15 is 0 Å². The number of ether oxygens (including phenoxy) is 1. The topological polar surface area (TPSA) is 102 Å². The summed E-state index contributed by atoms with van der Waals surface area (Å²) in [6, 6.07) is 16.8. The van der Waals surface area contributed by atoms with Crippen LogP contribution < -0.4 is 10.0 Å². The van der Waals surface area contributed by atoms with E-state index in [1.165, 1.54) is 24.3 Å². The molecule has 3 aromatic carbocycles. The van der Waals surface area contributed by atoms with Gasteiger partial charge in [-0.05, 0) is 107 Å². The van der Waals surface area contributed by atoms with Crippen molar-refractivity contribution in [2.75, 3.05) is 16.6 Å². The van der Waals surface area contributed by atoms with Gasteiger partial charge in [-0.15, -0.1) is 0 Å². The minimum atomic E-state index is -3.84. The molecule has 190 valence electrons. The molecule has 0 saturated heterocycles. The third-order valence-electron chi connectivity index (χ3n) is 5.51. The molecule has 0 aliphatic heterocycles. The normalized spacial score (nSPS) is 11.6. The smallest absolute Gasteiger partial charge is 0.338 e. The van der Waals surface area contributed by atoms with Crippen molar-refractivity contribution in [3.8, 4) is 0 Å². The van der Waals surface area contributed by atoms with Crippen molar-refractivity contribution < 1.29 is 22.7 Å². The van der Waals surface area contributed by atoms with Crippen LogP contribution in [0.2, 0.25) is 0 Å². The first-order valence-corrected chi connectivity index (χ1v) is 13.8. The maximum atomic E-state index is 13.0. The fraction of sp³-hybridized carbons (Fsp3) is 0.259. The number of anilines is 2. The van der Waals surface area contributed by atoms with Crippen molar-refractivity contribution >= 4 is 55.9 Å². The highest BCUT2D eigenvalue weighted by Gasteiger charge is 2.22. The third kappa shape index (κ3) is 7.07. The molecule has 1 amide bonds. The molecule has 0 radical (unpaired) electrons. The van der Waals surface area contributed by atoms with Gasteiger partial charge in [-0.3, -0.25) is 9.52 Å². The highest BCUT2D eigenvalue weighted by Crippen LogP contribution is 2.28. The Kier molecular flexibility index (Phi) is 8.45. The number of halogens is 1. The summed E-state index contributed by atoms with van der Waals surface area (Å²) in [6.07, 6.45) is 0. The van der Waals surface area contributed by atoms with Crippen LogP contribution >= 0.6 is 22.6 Å². The van der Waals surface area contributed by atoms with E-state index in [0.717, 1.165) is 14.7 Å². The maximum absolute atomic E-state index is 13.0. The van der Waals surface area contributed by atoms with E-state index in [9.17, 15) is 18.0 Å². The zero-order chi connectivity index (χ0) is 26.7. The monoisotopic (exact) mass is 620 g/mol. The summed E-state index contributed by atoms with van der Waals surface area (Å²) in [7, 11) is -3.84. The van der Waals surface area contributed by atoms with E-state index in [1.807, 2.05) is 45.9 Å². The van der Waals surface area contributed by atoms with Crippen LogP contribution in [0.25, 0.3) is 0 Å². The first kappa shape index (κ1) is 27.7. The van der Waals surface area contributed by atoms with E-state index in [1.54, 1.807) is 25.1 Å². The van der Waals surface area contributed by atoms with Crippen LogP contribution in [0.15, 0.2) is 65.6 Å². The number of carbonyl (C=O) groups excluding carboxylic acids is 2. The zero-order valence-electron chi connectivity index (χ0n) is 20.8. The number of benzene rings is 3. The second-order valence-corrected chi connectivity index (χ2v) is 12.4. The number of aryl methyl sites for hydroxylation is 2. The SMILES string of the molecule is Cc1cc(I)ccc1NC(=O)COC(=O)c1ccc(NS(=O)(=O)c2cc(C(C)(C)C)ccc2C)cc1. The number of nitrogens with one attached hydrogen (secondary N) is 2. The van der Waals surface area contributed by atoms with Crippen LogP contribution in [-0.4, -0.2) is 26.9 Å². The molecule has 0 saturated carbocycles. The Hall–Kier alpha value is -2.92. The van der Waals surface area contributed by atoms with Gasteiger partial charge in [-0.2, -0.15) is 0 Å². The molecule has 0 heterocycles. The van der Waals surface area contributed by atoms with Crippen molar-refractivity contribution in [2.24, 2.45) is 0 Å². The Labute approximate surface area is 225 Å². The molecule has 0 bridgehead atoms. The van der Waals surface area contributed by atoms with Crippen LogP contribution in [0, 0.1) is 17.4 Å². The number of hydrogen-bond donors (Lipinski definition) is 2. The average molecular weight is 621 g/mol. The van der Waals surface area contributed by atoms with E-state index in [0.29, 0.717) is 16.9 Å². The maximum Gasteiger partial charge on any atom is 0.338 e. The first-order chi connectivity index (χ1) is 16.8. The molecular formula is C27H29IN2O5S. The molecule has 0 spiro atoms. The lowest BCUT2D eigenvalue weighted by atomic mass is 9.87. The summed E-state index contributed by atoms with van der Waals surface area (Å²) in [5.74, 6) is -1.14. The minimum absolute atomic E-state index is 0.196. The van der Waals surface area contributed by atoms with Crippen LogP contribution in [0.4, 0.5) is 11.4 Å². The highest BCUT2D eigenvalue weighted by molar-refractivity contribution is 14.1. The Morgan fingerprint density at radius 1 is 0.917 bits per heavy atom. The molecule has 3 aromatic rings. The minimum Gasteiger partial charge on any atom is -0.452 e. The zero-order valence-corrected chi connectivity index (χ0v) is 23.8. The fourth-order valence-electron chi connectivity index (χ4n) is 3.41.